The summed E-state index contributed by atoms with van der Waals surface area (Å²) in [6.07, 6.45) is 6.30. The maximum Gasteiger partial charge on any atom is 0.243 e. The number of anilines is 1. The topological polar surface area (TPSA) is 78.4 Å². The molecule has 4 aliphatic carbocycles. The Morgan fingerprint density at radius 1 is 1.11 bits per heavy atom. The van der Waals surface area contributed by atoms with E-state index in [1.165, 1.54) is 6.42 Å². The lowest BCUT2D eigenvalue weighted by Crippen LogP contribution is -2.56. The van der Waals surface area contributed by atoms with Gasteiger partial charge in [-0.15, -0.1) is 0 Å². The number of aliphatic hydroxyl groups is 1. The number of carbonyl (C=O) groups excluding carboxylic acids is 2. The van der Waals surface area contributed by atoms with Crippen molar-refractivity contribution in [3.63, 3.8) is 0 Å². The van der Waals surface area contributed by atoms with Gasteiger partial charge in [-0.05, 0) is 86.8 Å². The molecule has 5 nitrogen and oxygen atoms in total. The van der Waals surface area contributed by atoms with Crippen LogP contribution >= 0.6 is 0 Å². The van der Waals surface area contributed by atoms with Crippen molar-refractivity contribution in [1.29, 1.82) is 0 Å². The highest BCUT2D eigenvalue weighted by atomic mass is 16.3. The molecular weight excluding hydrogens is 340 g/mol. The first-order valence-corrected chi connectivity index (χ1v) is 10.1. The average molecular weight is 370 g/mol. The molecule has 0 aliphatic heterocycles. The van der Waals surface area contributed by atoms with Crippen molar-refractivity contribution < 1.29 is 14.7 Å². The van der Waals surface area contributed by atoms with Crippen molar-refractivity contribution in [2.45, 2.75) is 64.4 Å². The number of hydrogen-bond donors (Lipinski definition) is 3. The minimum Gasteiger partial charge on any atom is -0.390 e. The predicted octanol–water partition coefficient (Wildman–Crippen LogP) is 3.08. The zero-order chi connectivity index (χ0) is 19.2. The van der Waals surface area contributed by atoms with E-state index in [1.54, 1.807) is 0 Å². The summed E-state index contributed by atoms with van der Waals surface area (Å²) in [6.45, 7) is 3.97. The molecule has 4 aliphatic rings. The van der Waals surface area contributed by atoms with Crippen molar-refractivity contribution in [1.82, 2.24) is 5.32 Å². The molecule has 0 spiro atoms. The summed E-state index contributed by atoms with van der Waals surface area (Å²) in [5.41, 5.74) is 2.34. The molecule has 1 aromatic carbocycles. The van der Waals surface area contributed by atoms with Crippen LogP contribution in [0.25, 0.3) is 0 Å². The van der Waals surface area contributed by atoms with Gasteiger partial charge in [-0.1, -0.05) is 12.1 Å². The second-order valence-corrected chi connectivity index (χ2v) is 9.43. The maximum atomic E-state index is 12.5. The molecule has 0 radical (unpaired) electrons. The summed E-state index contributed by atoms with van der Waals surface area (Å²) in [7, 11) is 0. The molecule has 5 rings (SSSR count). The molecule has 0 unspecified atom stereocenters. The van der Waals surface area contributed by atoms with Gasteiger partial charge in [0.05, 0.1) is 12.1 Å². The third-order valence-electron chi connectivity index (χ3n) is 7.01. The number of amides is 2. The molecule has 4 saturated carbocycles. The van der Waals surface area contributed by atoms with Crippen LogP contribution in [0.4, 0.5) is 5.69 Å². The van der Waals surface area contributed by atoms with Gasteiger partial charge in [-0.25, -0.2) is 0 Å². The molecule has 4 fully saturated rings. The minimum atomic E-state index is -0.551. The zero-order valence-corrected chi connectivity index (χ0v) is 16.3. The van der Waals surface area contributed by atoms with Crippen molar-refractivity contribution in [3.05, 3.63) is 29.3 Å². The standard InChI is InChI=1S/C22H30N2O3/c1-14-4-3-5-18(15(14)2)24-20(26)12-23-19(25)11-21-7-16-6-17(8-21)10-22(27,9-16)13-21/h3-5,16-17,27H,6-13H2,1-2H3,(H,23,25)(H,24,26)/t16-,17-,21?,22?/m1/s1. The third-order valence-corrected chi connectivity index (χ3v) is 7.01. The summed E-state index contributed by atoms with van der Waals surface area (Å²) in [4.78, 5) is 24.8. The van der Waals surface area contributed by atoms with Crippen LogP contribution in [0.5, 0.6) is 0 Å². The Morgan fingerprint density at radius 2 is 1.81 bits per heavy atom. The molecular formula is C22H30N2O3. The Labute approximate surface area is 160 Å². The molecule has 2 amide bonds. The normalized spacial score (nSPS) is 33.7. The summed E-state index contributed by atoms with van der Waals surface area (Å²) in [5.74, 6) is 0.853. The van der Waals surface area contributed by atoms with Gasteiger partial charge in [-0.3, -0.25) is 9.59 Å². The quantitative estimate of drug-likeness (QED) is 0.745. The van der Waals surface area contributed by atoms with Crippen molar-refractivity contribution >= 4 is 17.5 Å². The number of nitrogens with one attached hydrogen (secondary N) is 2. The van der Waals surface area contributed by atoms with Crippen LogP contribution in [0, 0.1) is 31.1 Å². The van der Waals surface area contributed by atoms with Gasteiger partial charge < -0.3 is 15.7 Å². The predicted molar refractivity (Wildman–Crippen MR) is 104 cm³/mol. The monoisotopic (exact) mass is 370 g/mol. The zero-order valence-electron chi connectivity index (χ0n) is 16.3. The summed E-state index contributed by atoms with van der Waals surface area (Å²) in [5, 5.41) is 16.5. The molecule has 3 N–H and O–H groups in total. The summed E-state index contributed by atoms with van der Waals surface area (Å²) in [6, 6.07) is 5.79. The second-order valence-electron chi connectivity index (χ2n) is 9.43. The molecule has 27 heavy (non-hydrogen) atoms. The molecule has 0 heterocycles. The molecule has 4 bridgehead atoms. The fourth-order valence-electron chi connectivity index (χ4n) is 6.27. The number of aryl methyl sites for hydroxylation is 1. The first kappa shape index (κ1) is 18.5. The number of carbonyl (C=O) groups is 2. The van der Waals surface area contributed by atoms with E-state index in [0.717, 1.165) is 48.9 Å². The van der Waals surface area contributed by atoms with E-state index in [2.05, 4.69) is 10.6 Å². The van der Waals surface area contributed by atoms with Crippen LogP contribution in [0.1, 0.15) is 56.1 Å². The lowest BCUT2D eigenvalue weighted by molar-refractivity contribution is -0.169. The van der Waals surface area contributed by atoms with Gasteiger partial charge in [0.25, 0.3) is 0 Å². The highest BCUT2D eigenvalue weighted by Gasteiger charge is 2.57. The van der Waals surface area contributed by atoms with Crippen LogP contribution in [-0.4, -0.2) is 29.1 Å². The van der Waals surface area contributed by atoms with E-state index in [1.807, 2.05) is 32.0 Å². The van der Waals surface area contributed by atoms with Gasteiger partial charge in [-0.2, -0.15) is 0 Å². The van der Waals surface area contributed by atoms with Gasteiger partial charge in [0.2, 0.25) is 11.8 Å². The maximum absolute atomic E-state index is 12.5. The van der Waals surface area contributed by atoms with Gasteiger partial charge in [0, 0.05) is 12.1 Å². The van der Waals surface area contributed by atoms with Crippen LogP contribution in [-0.2, 0) is 9.59 Å². The van der Waals surface area contributed by atoms with Gasteiger partial charge in [0.15, 0.2) is 0 Å². The number of hydrogen-bond acceptors (Lipinski definition) is 3. The SMILES string of the molecule is Cc1cccc(NC(=O)CNC(=O)CC23C[C@H]4C[C@@H](CC(O)(C4)C2)C3)c1C. The Bertz CT molecular complexity index is 759. The first-order chi connectivity index (χ1) is 12.8. The Balaban J connectivity index is 1.31. The van der Waals surface area contributed by atoms with Crippen molar-refractivity contribution in [2.24, 2.45) is 17.3 Å². The van der Waals surface area contributed by atoms with E-state index < -0.39 is 5.60 Å². The lowest BCUT2D eigenvalue weighted by Gasteiger charge is -2.60. The summed E-state index contributed by atoms with van der Waals surface area (Å²) >= 11 is 0. The fourth-order valence-corrected chi connectivity index (χ4v) is 6.27. The van der Waals surface area contributed by atoms with Crippen molar-refractivity contribution in [3.8, 4) is 0 Å². The number of rotatable bonds is 5. The van der Waals surface area contributed by atoms with E-state index in [9.17, 15) is 14.7 Å². The molecule has 0 saturated heterocycles. The van der Waals surface area contributed by atoms with Crippen molar-refractivity contribution in [2.75, 3.05) is 11.9 Å². The second kappa shape index (κ2) is 6.62. The van der Waals surface area contributed by atoms with Crippen LogP contribution < -0.4 is 10.6 Å². The van der Waals surface area contributed by atoms with Gasteiger partial charge >= 0.3 is 0 Å². The smallest absolute Gasteiger partial charge is 0.243 e. The Morgan fingerprint density at radius 3 is 2.48 bits per heavy atom. The molecule has 1 aromatic rings. The molecule has 2 atom stereocenters. The van der Waals surface area contributed by atoms with Gasteiger partial charge in [0.1, 0.15) is 0 Å². The molecule has 0 aromatic heterocycles. The largest absolute Gasteiger partial charge is 0.390 e. The fraction of sp³-hybridized carbons (Fsp3) is 0.636. The Kier molecular flexibility index (Phi) is 4.53. The van der Waals surface area contributed by atoms with Crippen LogP contribution in [0.3, 0.4) is 0 Å². The Hall–Kier alpha value is -1.88. The van der Waals surface area contributed by atoms with E-state index in [-0.39, 0.29) is 23.8 Å². The van der Waals surface area contributed by atoms with Crippen LogP contribution in [0.15, 0.2) is 18.2 Å². The minimum absolute atomic E-state index is 0.0145. The van der Waals surface area contributed by atoms with E-state index >= 15 is 0 Å². The van der Waals surface area contributed by atoms with E-state index in [0.29, 0.717) is 18.3 Å². The first-order valence-electron chi connectivity index (χ1n) is 10.1. The highest BCUT2D eigenvalue weighted by Crippen LogP contribution is 2.62. The summed E-state index contributed by atoms with van der Waals surface area (Å²) < 4.78 is 0. The van der Waals surface area contributed by atoms with Crippen LogP contribution in [0.2, 0.25) is 0 Å². The number of benzene rings is 1. The highest BCUT2D eigenvalue weighted by molar-refractivity contribution is 5.95. The average Bonchev–Trinajstić information content (AvgIpc) is 2.54. The third kappa shape index (κ3) is 3.75. The molecule has 146 valence electrons. The molecule has 5 heteroatoms. The lowest BCUT2D eigenvalue weighted by atomic mass is 9.47. The van der Waals surface area contributed by atoms with E-state index in [4.69, 9.17) is 0 Å².